The summed E-state index contributed by atoms with van der Waals surface area (Å²) >= 11 is 0. The van der Waals surface area contributed by atoms with Crippen molar-refractivity contribution in [1.29, 1.82) is 0 Å². The number of hydrogen-bond donors (Lipinski definition) is 3. The lowest BCUT2D eigenvalue weighted by Crippen LogP contribution is -2.58. The predicted octanol–water partition coefficient (Wildman–Crippen LogP) is 1.19. The van der Waals surface area contributed by atoms with Crippen LogP contribution in [0.4, 0.5) is 5.69 Å². The number of hydrogen-bond acceptors (Lipinski definition) is 3. The molecule has 1 aromatic rings. The topological polar surface area (TPSA) is 67.2 Å². The van der Waals surface area contributed by atoms with E-state index in [1.807, 2.05) is 12.1 Å². The molecule has 0 aliphatic carbocycles. The number of aryl methyl sites for hydroxylation is 1. The van der Waals surface area contributed by atoms with Gasteiger partial charge in [-0.15, -0.1) is 0 Å². The van der Waals surface area contributed by atoms with E-state index in [0.29, 0.717) is 0 Å². The number of anilines is 1. The lowest BCUT2D eigenvalue weighted by Gasteiger charge is -2.38. The molecule has 4 N–H and O–H groups in total. The molecule has 0 aromatic heterocycles. The van der Waals surface area contributed by atoms with Gasteiger partial charge in [0.15, 0.2) is 0 Å². The first-order valence-corrected chi connectivity index (χ1v) is 7.01. The molecular weight excluding hydrogens is 238 g/mol. The summed E-state index contributed by atoms with van der Waals surface area (Å²) in [5, 5.41) is 6.83. The third-order valence-corrected chi connectivity index (χ3v) is 4.66. The molecule has 19 heavy (non-hydrogen) atoms. The summed E-state index contributed by atoms with van der Waals surface area (Å²) in [5.74, 6) is 0.0438. The van der Waals surface area contributed by atoms with Gasteiger partial charge in [0.1, 0.15) is 5.54 Å². The maximum atomic E-state index is 12.1. The van der Waals surface area contributed by atoms with Crippen molar-refractivity contribution < 1.29 is 4.79 Å². The number of piperidine rings is 1. The van der Waals surface area contributed by atoms with Crippen LogP contribution in [-0.2, 0) is 11.2 Å². The molecule has 0 bridgehead atoms. The fraction of sp³-hybridized carbons (Fsp3) is 0.533. The van der Waals surface area contributed by atoms with Crippen LogP contribution in [0, 0.1) is 12.8 Å². The SMILES string of the molecule is Cc1cccc2c1CC(C(N)=O)(C1CCCNC1)N2. The van der Waals surface area contributed by atoms with E-state index in [-0.39, 0.29) is 11.8 Å². The van der Waals surface area contributed by atoms with E-state index in [0.717, 1.165) is 38.0 Å². The average Bonchev–Trinajstić information content (AvgIpc) is 2.82. The predicted molar refractivity (Wildman–Crippen MR) is 76.0 cm³/mol. The minimum absolute atomic E-state index is 0.225. The third-order valence-electron chi connectivity index (χ3n) is 4.66. The fourth-order valence-corrected chi connectivity index (χ4v) is 3.49. The second kappa shape index (κ2) is 4.53. The lowest BCUT2D eigenvalue weighted by molar-refractivity contribution is -0.124. The summed E-state index contributed by atoms with van der Waals surface area (Å²) in [7, 11) is 0. The van der Waals surface area contributed by atoms with Crippen molar-refractivity contribution in [2.75, 3.05) is 18.4 Å². The van der Waals surface area contributed by atoms with Crippen LogP contribution in [0.25, 0.3) is 0 Å². The van der Waals surface area contributed by atoms with E-state index in [2.05, 4.69) is 23.6 Å². The molecule has 0 radical (unpaired) electrons. The Balaban J connectivity index is 1.97. The quantitative estimate of drug-likeness (QED) is 0.747. The maximum absolute atomic E-state index is 12.1. The van der Waals surface area contributed by atoms with Crippen LogP contribution < -0.4 is 16.4 Å². The average molecular weight is 259 g/mol. The highest BCUT2D eigenvalue weighted by Crippen LogP contribution is 2.40. The number of rotatable bonds is 2. The standard InChI is InChI=1S/C15H21N3O/c1-10-4-2-6-13-12(10)8-15(18-13,14(16)19)11-5-3-7-17-9-11/h2,4,6,11,17-18H,3,5,7-9H2,1H3,(H2,16,19). The van der Waals surface area contributed by atoms with E-state index < -0.39 is 5.54 Å². The van der Waals surface area contributed by atoms with Crippen LogP contribution in [0.1, 0.15) is 24.0 Å². The van der Waals surface area contributed by atoms with Gasteiger partial charge in [0.2, 0.25) is 5.91 Å². The van der Waals surface area contributed by atoms with Gasteiger partial charge in [0.25, 0.3) is 0 Å². The normalized spacial score (nSPS) is 29.6. The molecule has 0 saturated carbocycles. The van der Waals surface area contributed by atoms with Crippen molar-refractivity contribution in [3.05, 3.63) is 29.3 Å². The van der Waals surface area contributed by atoms with Crippen LogP contribution in [0.3, 0.4) is 0 Å². The zero-order valence-electron chi connectivity index (χ0n) is 11.3. The molecule has 0 spiro atoms. The molecule has 1 amide bonds. The van der Waals surface area contributed by atoms with E-state index in [4.69, 9.17) is 5.73 Å². The van der Waals surface area contributed by atoms with E-state index in [9.17, 15) is 4.79 Å². The number of fused-ring (bicyclic) bond motifs is 1. The fourth-order valence-electron chi connectivity index (χ4n) is 3.49. The van der Waals surface area contributed by atoms with Crippen LogP contribution in [0.15, 0.2) is 18.2 Å². The highest BCUT2D eigenvalue weighted by atomic mass is 16.1. The molecule has 2 aliphatic heterocycles. The Kier molecular flexibility index (Phi) is 2.97. The molecule has 4 heteroatoms. The van der Waals surface area contributed by atoms with Gasteiger partial charge in [-0.3, -0.25) is 4.79 Å². The van der Waals surface area contributed by atoms with E-state index in [1.54, 1.807) is 0 Å². The van der Waals surface area contributed by atoms with Crippen LogP contribution >= 0.6 is 0 Å². The highest BCUT2D eigenvalue weighted by molar-refractivity contribution is 5.91. The Hall–Kier alpha value is -1.55. The van der Waals surface area contributed by atoms with Crippen LogP contribution in [0.2, 0.25) is 0 Å². The third kappa shape index (κ3) is 1.91. The molecule has 2 heterocycles. The van der Waals surface area contributed by atoms with Gasteiger partial charge in [0.05, 0.1) is 0 Å². The minimum atomic E-state index is -0.609. The van der Waals surface area contributed by atoms with Gasteiger partial charge in [0, 0.05) is 24.6 Å². The Morgan fingerprint density at radius 2 is 2.32 bits per heavy atom. The molecule has 2 unspecified atom stereocenters. The van der Waals surface area contributed by atoms with Gasteiger partial charge >= 0.3 is 0 Å². The first-order chi connectivity index (χ1) is 9.13. The first-order valence-electron chi connectivity index (χ1n) is 7.01. The first kappa shape index (κ1) is 12.5. The van der Waals surface area contributed by atoms with Gasteiger partial charge in [-0.1, -0.05) is 12.1 Å². The number of amides is 1. The van der Waals surface area contributed by atoms with Gasteiger partial charge < -0.3 is 16.4 Å². The molecule has 1 saturated heterocycles. The van der Waals surface area contributed by atoms with Crippen molar-refractivity contribution in [3.63, 3.8) is 0 Å². The highest BCUT2D eigenvalue weighted by Gasteiger charge is 2.48. The zero-order chi connectivity index (χ0) is 13.5. The number of nitrogens with two attached hydrogens (primary N) is 1. The Bertz CT molecular complexity index is 508. The van der Waals surface area contributed by atoms with Crippen LogP contribution in [0.5, 0.6) is 0 Å². The Morgan fingerprint density at radius 3 is 2.95 bits per heavy atom. The number of carbonyl (C=O) groups excluding carboxylic acids is 1. The molecule has 4 nitrogen and oxygen atoms in total. The van der Waals surface area contributed by atoms with Crippen molar-refractivity contribution in [2.45, 2.75) is 31.7 Å². The smallest absolute Gasteiger partial charge is 0.243 e. The monoisotopic (exact) mass is 259 g/mol. The van der Waals surface area contributed by atoms with Crippen molar-refractivity contribution in [1.82, 2.24) is 5.32 Å². The van der Waals surface area contributed by atoms with Crippen molar-refractivity contribution in [2.24, 2.45) is 11.7 Å². The molecule has 3 rings (SSSR count). The van der Waals surface area contributed by atoms with E-state index in [1.165, 1.54) is 11.1 Å². The number of carbonyl (C=O) groups is 1. The molecule has 2 aliphatic rings. The molecule has 1 aromatic carbocycles. The summed E-state index contributed by atoms with van der Waals surface area (Å²) in [6, 6.07) is 6.16. The van der Waals surface area contributed by atoms with Gasteiger partial charge in [-0.2, -0.15) is 0 Å². The minimum Gasteiger partial charge on any atom is -0.370 e. The maximum Gasteiger partial charge on any atom is 0.243 e. The molecule has 2 atom stereocenters. The summed E-state index contributed by atoms with van der Waals surface area (Å²) in [6.07, 6.45) is 2.88. The summed E-state index contributed by atoms with van der Waals surface area (Å²) in [4.78, 5) is 12.1. The summed E-state index contributed by atoms with van der Waals surface area (Å²) in [5.41, 5.74) is 8.70. The van der Waals surface area contributed by atoms with Gasteiger partial charge in [-0.05, 0) is 43.5 Å². The largest absolute Gasteiger partial charge is 0.370 e. The lowest BCUT2D eigenvalue weighted by atomic mass is 9.76. The Morgan fingerprint density at radius 1 is 1.47 bits per heavy atom. The van der Waals surface area contributed by atoms with Gasteiger partial charge in [-0.25, -0.2) is 0 Å². The van der Waals surface area contributed by atoms with Crippen LogP contribution in [-0.4, -0.2) is 24.5 Å². The number of nitrogens with one attached hydrogen (secondary N) is 2. The molecule has 102 valence electrons. The second-order valence-electron chi connectivity index (χ2n) is 5.78. The van der Waals surface area contributed by atoms with Crippen molar-refractivity contribution in [3.8, 4) is 0 Å². The Labute approximate surface area is 113 Å². The second-order valence-corrected chi connectivity index (χ2v) is 5.78. The van der Waals surface area contributed by atoms with Crippen molar-refractivity contribution >= 4 is 11.6 Å². The zero-order valence-corrected chi connectivity index (χ0v) is 11.3. The molecule has 1 fully saturated rings. The number of primary amides is 1. The van der Waals surface area contributed by atoms with E-state index >= 15 is 0 Å². The summed E-state index contributed by atoms with van der Waals surface area (Å²) < 4.78 is 0. The molecular formula is C15H21N3O. The summed E-state index contributed by atoms with van der Waals surface area (Å²) in [6.45, 7) is 4.00. The number of benzene rings is 1.